The largest absolute Gasteiger partial charge is 0.482 e. The van der Waals surface area contributed by atoms with Crippen LogP contribution in [0.1, 0.15) is 18.1 Å². The third-order valence-corrected chi connectivity index (χ3v) is 5.07. The summed E-state index contributed by atoms with van der Waals surface area (Å²) >= 11 is 1.80. The van der Waals surface area contributed by atoms with Gasteiger partial charge in [-0.3, -0.25) is 4.79 Å². The Morgan fingerprint density at radius 2 is 1.76 bits per heavy atom. The SMILES string of the molecule is Cc1ccc(CSCCNC(=O)C2Oc3ccccc3OC2C)cc1. The highest BCUT2D eigenvalue weighted by Crippen LogP contribution is 2.33. The Labute approximate surface area is 152 Å². The monoisotopic (exact) mass is 357 g/mol. The molecule has 1 heterocycles. The second-order valence-electron chi connectivity index (χ2n) is 6.14. The maximum Gasteiger partial charge on any atom is 0.265 e. The summed E-state index contributed by atoms with van der Waals surface area (Å²) in [5.41, 5.74) is 2.57. The lowest BCUT2D eigenvalue weighted by molar-refractivity contribution is -0.133. The summed E-state index contributed by atoms with van der Waals surface area (Å²) in [7, 11) is 0. The summed E-state index contributed by atoms with van der Waals surface area (Å²) in [5.74, 6) is 2.99. The summed E-state index contributed by atoms with van der Waals surface area (Å²) in [4.78, 5) is 12.4. The average Bonchev–Trinajstić information content (AvgIpc) is 2.62. The van der Waals surface area contributed by atoms with Crippen molar-refractivity contribution in [2.45, 2.75) is 31.8 Å². The highest BCUT2D eigenvalue weighted by atomic mass is 32.2. The van der Waals surface area contributed by atoms with Crippen LogP contribution in [0.5, 0.6) is 11.5 Å². The summed E-state index contributed by atoms with van der Waals surface area (Å²) < 4.78 is 11.6. The lowest BCUT2D eigenvalue weighted by atomic mass is 10.1. The van der Waals surface area contributed by atoms with Crippen molar-refractivity contribution in [3.8, 4) is 11.5 Å². The van der Waals surface area contributed by atoms with E-state index in [1.807, 2.05) is 31.2 Å². The third kappa shape index (κ3) is 4.69. The van der Waals surface area contributed by atoms with Gasteiger partial charge in [0.15, 0.2) is 11.5 Å². The number of rotatable bonds is 6. The third-order valence-electron chi connectivity index (χ3n) is 4.04. The van der Waals surface area contributed by atoms with Gasteiger partial charge in [0.25, 0.3) is 5.91 Å². The fourth-order valence-corrected chi connectivity index (χ4v) is 3.45. The van der Waals surface area contributed by atoms with Gasteiger partial charge in [-0.05, 0) is 31.5 Å². The number of amides is 1. The van der Waals surface area contributed by atoms with Crippen molar-refractivity contribution in [3.63, 3.8) is 0 Å². The zero-order valence-corrected chi connectivity index (χ0v) is 15.3. The van der Waals surface area contributed by atoms with Crippen LogP contribution in [-0.4, -0.2) is 30.4 Å². The Hall–Kier alpha value is -2.14. The van der Waals surface area contributed by atoms with Crippen LogP contribution in [0.4, 0.5) is 0 Å². The molecule has 3 rings (SSSR count). The van der Waals surface area contributed by atoms with Gasteiger partial charge in [-0.25, -0.2) is 0 Å². The van der Waals surface area contributed by atoms with Gasteiger partial charge in [0.05, 0.1) is 0 Å². The molecular formula is C20H23NO3S. The number of thioether (sulfide) groups is 1. The van der Waals surface area contributed by atoms with Gasteiger partial charge in [-0.1, -0.05) is 42.0 Å². The summed E-state index contributed by atoms with van der Waals surface area (Å²) in [5, 5.41) is 2.94. The van der Waals surface area contributed by atoms with E-state index in [4.69, 9.17) is 9.47 Å². The molecule has 0 aromatic heterocycles. The molecule has 0 saturated heterocycles. The molecule has 1 amide bonds. The second-order valence-corrected chi connectivity index (χ2v) is 7.24. The molecule has 0 radical (unpaired) electrons. The Morgan fingerprint density at radius 1 is 1.08 bits per heavy atom. The smallest absolute Gasteiger partial charge is 0.265 e. The molecule has 132 valence electrons. The molecule has 4 nitrogen and oxygen atoms in total. The van der Waals surface area contributed by atoms with Crippen molar-refractivity contribution in [1.29, 1.82) is 0 Å². The maximum atomic E-state index is 12.4. The number of fused-ring (bicyclic) bond motifs is 1. The van der Waals surface area contributed by atoms with Crippen molar-refractivity contribution < 1.29 is 14.3 Å². The fraction of sp³-hybridized carbons (Fsp3) is 0.350. The van der Waals surface area contributed by atoms with E-state index >= 15 is 0 Å². The second kappa shape index (κ2) is 8.30. The van der Waals surface area contributed by atoms with Gasteiger partial charge in [-0.15, -0.1) is 0 Å². The Balaban J connectivity index is 1.41. The molecule has 25 heavy (non-hydrogen) atoms. The van der Waals surface area contributed by atoms with Crippen molar-refractivity contribution in [3.05, 3.63) is 59.7 Å². The highest BCUT2D eigenvalue weighted by molar-refractivity contribution is 7.98. The van der Waals surface area contributed by atoms with Gasteiger partial charge in [0.2, 0.25) is 6.10 Å². The molecule has 1 N–H and O–H groups in total. The quantitative estimate of drug-likeness (QED) is 0.803. The van der Waals surface area contributed by atoms with Crippen molar-refractivity contribution >= 4 is 17.7 Å². The molecule has 0 aliphatic carbocycles. The van der Waals surface area contributed by atoms with E-state index in [0.29, 0.717) is 18.0 Å². The van der Waals surface area contributed by atoms with E-state index in [1.54, 1.807) is 11.8 Å². The van der Waals surface area contributed by atoms with Gasteiger partial charge >= 0.3 is 0 Å². The summed E-state index contributed by atoms with van der Waals surface area (Å²) in [6, 6.07) is 16.0. The van der Waals surface area contributed by atoms with Crippen LogP contribution in [0.2, 0.25) is 0 Å². The van der Waals surface area contributed by atoms with E-state index in [9.17, 15) is 4.79 Å². The maximum absolute atomic E-state index is 12.4. The standard InChI is InChI=1S/C20H23NO3S/c1-14-7-9-16(10-8-14)13-25-12-11-21-20(22)19-15(2)23-17-5-3-4-6-18(17)24-19/h3-10,15,19H,11-13H2,1-2H3,(H,21,22). The van der Waals surface area contributed by atoms with Gasteiger partial charge in [0, 0.05) is 18.1 Å². The minimum absolute atomic E-state index is 0.127. The first kappa shape index (κ1) is 17.7. The molecule has 2 aromatic rings. The number of aryl methyl sites for hydroxylation is 1. The number of nitrogens with one attached hydrogen (secondary N) is 1. The molecule has 1 aliphatic heterocycles. The molecule has 5 heteroatoms. The summed E-state index contributed by atoms with van der Waals surface area (Å²) in [6.07, 6.45) is -0.924. The molecule has 2 aromatic carbocycles. The van der Waals surface area contributed by atoms with Crippen LogP contribution in [-0.2, 0) is 10.5 Å². The number of carbonyl (C=O) groups is 1. The number of hydrogen-bond donors (Lipinski definition) is 1. The molecule has 1 aliphatic rings. The highest BCUT2D eigenvalue weighted by Gasteiger charge is 2.33. The van der Waals surface area contributed by atoms with Crippen LogP contribution in [0.25, 0.3) is 0 Å². The lowest BCUT2D eigenvalue weighted by Crippen LogP contribution is -2.49. The number of ether oxygens (including phenoxy) is 2. The van der Waals surface area contributed by atoms with Crippen LogP contribution in [0.3, 0.4) is 0 Å². The first-order valence-corrected chi connectivity index (χ1v) is 9.62. The molecule has 0 saturated carbocycles. The molecular weight excluding hydrogens is 334 g/mol. The predicted molar refractivity (Wildman–Crippen MR) is 101 cm³/mol. The lowest BCUT2D eigenvalue weighted by Gasteiger charge is -2.31. The number of hydrogen-bond acceptors (Lipinski definition) is 4. The molecule has 0 fully saturated rings. The Bertz CT molecular complexity index is 717. The first-order valence-electron chi connectivity index (χ1n) is 8.47. The van der Waals surface area contributed by atoms with Crippen molar-refractivity contribution in [1.82, 2.24) is 5.32 Å². The number of benzene rings is 2. The van der Waals surface area contributed by atoms with E-state index in [1.165, 1.54) is 11.1 Å². The zero-order valence-electron chi connectivity index (χ0n) is 14.5. The van der Waals surface area contributed by atoms with Gasteiger partial charge in [-0.2, -0.15) is 11.8 Å². The Morgan fingerprint density at radius 3 is 2.48 bits per heavy atom. The molecule has 0 spiro atoms. The van der Waals surface area contributed by atoms with Crippen LogP contribution < -0.4 is 14.8 Å². The number of carbonyl (C=O) groups excluding carboxylic acids is 1. The van der Waals surface area contributed by atoms with E-state index in [2.05, 4.69) is 36.5 Å². The predicted octanol–water partition coefficient (Wildman–Crippen LogP) is 3.57. The minimum Gasteiger partial charge on any atom is -0.482 e. The van der Waals surface area contributed by atoms with Crippen molar-refractivity contribution in [2.24, 2.45) is 0 Å². The van der Waals surface area contributed by atoms with E-state index in [-0.39, 0.29) is 12.0 Å². The average molecular weight is 357 g/mol. The topological polar surface area (TPSA) is 47.6 Å². The summed E-state index contributed by atoms with van der Waals surface area (Å²) in [6.45, 7) is 4.55. The van der Waals surface area contributed by atoms with Crippen molar-refractivity contribution in [2.75, 3.05) is 12.3 Å². The van der Waals surface area contributed by atoms with Crippen LogP contribution >= 0.6 is 11.8 Å². The van der Waals surface area contributed by atoms with Crippen LogP contribution in [0, 0.1) is 6.92 Å². The van der Waals surface area contributed by atoms with E-state index in [0.717, 1.165) is 11.5 Å². The van der Waals surface area contributed by atoms with Crippen LogP contribution in [0.15, 0.2) is 48.5 Å². The molecule has 0 bridgehead atoms. The normalized spacial score (nSPS) is 18.6. The van der Waals surface area contributed by atoms with Gasteiger partial charge in [0.1, 0.15) is 6.10 Å². The minimum atomic E-state index is -0.614. The number of para-hydroxylation sites is 2. The first-order chi connectivity index (χ1) is 12.1. The Kier molecular flexibility index (Phi) is 5.87. The zero-order chi connectivity index (χ0) is 17.6. The van der Waals surface area contributed by atoms with Gasteiger partial charge < -0.3 is 14.8 Å². The van der Waals surface area contributed by atoms with E-state index < -0.39 is 6.10 Å². The molecule has 2 unspecified atom stereocenters. The fourth-order valence-electron chi connectivity index (χ4n) is 2.63. The molecule has 2 atom stereocenters.